The summed E-state index contributed by atoms with van der Waals surface area (Å²) in [5.74, 6) is 0.695. The van der Waals surface area contributed by atoms with Gasteiger partial charge in [-0.1, -0.05) is 15.9 Å². The van der Waals surface area contributed by atoms with Crippen molar-refractivity contribution < 1.29 is 0 Å². The lowest BCUT2D eigenvalue weighted by atomic mass is 10.1. The van der Waals surface area contributed by atoms with Gasteiger partial charge in [-0.25, -0.2) is 0 Å². The van der Waals surface area contributed by atoms with E-state index in [9.17, 15) is 0 Å². The van der Waals surface area contributed by atoms with Crippen LogP contribution in [0.4, 0.5) is 5.69 Å². The highest BCUT2D eigenvalue weighted by molar-refractivity contribution is 9.10. The molecular weight excluding hydrogens is 264 g/mol. The number of benzene rings is 1. The third-order valence-electron chi connectivity index (χ3n) is 3.06. The first-order valence-electron chi connectivity index (χ1n) is 5.56. The Hall–Kier alpha value is -1.09. The van der Waals surface area contributed by atoms with E-state index in [1.165, 1.54) is 29.6 Å². The van der Waals surface area contributed by atoms with Gasteiger partial charge in [-0.2, -0.15) is 0 Å². The number of nitrogens with zero attached hydrogens (tertiary/aromatic N) is 1. The lowest BCUT2D eigenvalue weighted by Crippen LogP contribution is -1.95. The van der Waals surface area contributed by atoms with Crippen molar-refractivity contribution in [2.45, 2.75) is 18.8 Å². The van der Waals surface area contributed by atoms with Crippen LogP contribution in [0, 0.1) is 0 Å². The van der Waals surface area contributed by atoms with Gasteiger partial charge in [0, 0.05) is 34.2 Å². The molecule has 0 spiro atoms. The molecule has 1 aromatic carbocycles. The number of aromatic nitrogens is 1. The second-order valence-electron chi connectivity index (χ2n) is 4.28. The number of anilines is 1. The van der Waals surface area contributed by atoms with E-state index in [1.54, 1.807) is 0 Å². The Balaban J connectivity index is 2.25. The van der Waals surface area contributed by atoms with Crippen molar-refractivity contribution in [3.63, 3.8) is 0 Å². The fourth-order valence-electron chi connectivity index (χ4n) is 2.01. The molecule has 1 aliphatic rings. The van der Waals surface area contributed by atoms with Crippen molar-refractivity contribution in [3.8, 4) is 0 Å². The molecule has 0 radical (unpaired) electrons. The van der Waals surface area contributed by atoms with Crippen molar-refractivity contribution in [3.05, 3.63) is 34.4 Å². The Morgan fingerprint density at radius 2 is 2.12 bits per heavy atom. The van der Waals surface area contributed by atoms with E-state index in [2.05, 4.69) is 39.4 Å². The van der Waals surface area contributed by atoms with Crippen LogP contribution in [0.15, 0.2) is 28.7 Å². The molecule has 0 atom stereocenters. The summed E-state index contributed by atoms with van der Waals surface area (Å²) in [5, 5.41) is 4.44. The molecule has 1 saturated carbocycles. The van der Waals surface area contributed by atoms with Gasteiger partial charge in [0.05, 0.1) is 5.52 Å². The van der Waals surface area contributed by atoms with E-state index in [0.29, 0.717) is 5.92 Å². The Labute approximate surface area is 103 Å². The molecule has 0 unspecified atom stereocenters. The second-order valence-corrected chi connectivity index (χ2v) is 5.20. The molecule has 82 valence electrons. The third kappa shape index (κ3) is 1.69. The molecule has 1 N–H and O–H groups in total. The van der Waals surface area contributed by atoms with Gasteiger partial charge in [0.1, 0.15) is 0 Å². The van der Waals surface area contributed by atoms with E-state index in [4.69, 9.17) is 4.98 Å². The number of rotatable bonds is 2. The van der Waals surface area contributed by atoms with E-state index in [0.717, 1.165) is 9.99 Å². The van der Waals surface area contributed by atoms with Gasteiger partial charge in [-0.15, -0.1) is 0 Å². The van der Waals surface area contributed by atoms with E-state index in [1.807, 2.05) is 13.1 Å². The molecule has 3 rings (SSSR count). The number of halogens is 1. The van der Waals surface area contributed by atoms with Crippen LogP contribution < -0.4 is 5.32 Å². The molecule has 0 saturated heterocycles. The Morgan fingerprint density at radius 1 is 1.31 bits per heavy atom. The van der Waals surface area contributed by atoms with E-state index >= 15 is 0 Å². The first-order chi connectivity index (χ1) is 7.78. The van der Waals surface area contributed by atoms with E-state index < -0.39 is 0 Å². The van der Waals surface area contributed by atoms with Gasteiger partial charge in [-0.05, 0) is 37.1 Å². The molecule has 0 amide bonds. The highest BCUT2D eigenvalue weighted by Gasteiger charge is 2.25. The highest BCUT2D eigenvalue weighted by atomic mass is 79.9. The molecule has 1 aliphatic carbocycles. The summed E-state index contributed by atoms with van der Waals surface area (Å²) in [7, 11) is 1.96. The SMILES string of the molecule is CNc1cc(C2CC2)nc2ccc(Br)cc12. The number of fused-ring (bicyclic) bond motifs is 1. The predicted molar refractivity (Wildman–Crippen MR) is 71.0 cm³/mol. The van der Waals surface area contributed by atoms with Crippen LogP contribution in [0.1, 0.15) is 24.5 Å². The molecule has 1 fully saturated rings. The summed E-state index contributed by atoms with van der Waals surface area (Å²) >= 11 is 3.50. The third-order valence-corrected chi connectivity index (χ3v) is 3.55. The molecule has 2 nitrogen and oxygen atoms in total. The van der Waals surface area contributed by atoms with Crippen LogP contribution in [0.5, 0.6) is 0 Å². The van der Waals surface area contributed by atoms with Gasteiger partial charge >= 0.3 is 0 Å². The van der Waals surface area contributed by atoms with Crippen LogP contribution in [0.25, 0.3) is 10.9 Å². The minimum absolute atomic E-state index is 0.695. The first kappa shape index (κ1) is 10.1. The number of pyridine rings is 1. The van der Waals surface area contributed by atoms with E-state index in [-0.39, 0.29) is 0 Å². The monoisotopic (exact) mass is 276 g/mol. The van der Waals surface area contributed by atoms with Crippen molar-refractivity contribution in [2.75, 3.05) is 12.4 Å². The molecular formula is C13H13BrN2. The predicted octanol–water partition coefficient (Wildman–Crippen LogP) is 3.92. The van der Waals surface area contributed by atoms with Crippen LogP contribution in [-0.4, -0.2) is 12.0 Å². The topological polar surface area (TPSA) is 24.9 Å². The molecule has 1 heterocycles. The molecule has 2 aromatic rings. The zero-order valence-corrected chi connectivity index (χ0v) is 10.7. The van der Waals surface area contributed by atoms with Crippen LogP contribution in [-0.2, 0) is 0 Å². The summed E-state index contributed by atoms with van der Waals surface area (Å²) in [6.07, 6.45) is 2.58. The zero-order chi connectivity index (χ0) is 11.1. The summed E-state index contributed by atoms with van der Waals surface area (Å²) in [4.78, 5) is 4.73. The van der Waals surface area contributed by atoms with Crippen LogP contribution >= 0.6 is 15.9 Å². The summed E-state index contributed by atoms with van der Waals surface area (Å²) in [6, 6.07) is 8.43. The maximum atomic E-state index is 4.73. The van der Waals surface area contributed by atoms with Crippen molar-refractivity contribution >= 4 is 32.5 Å². The largest absolute Gasteiger partial charge is 0.388 e. The molecule has 0 aliphatic heterocycles. The van der Waals surface area contributed by atoms with Gasteiger partial charge in [0.25, 0.3) is 0 Å². The van der Waals surface area contributed by atoms with Gasteiger partial charge in [-0.3, -0.25) is 4.98 Å². The lowest BCUT2D eigenvalue weighted by Gasteiger charge is -2.09. The standard InChI is InChI=1S/C13H13BrN2/c1-15-13-7-12(8-2-3-8)16-11-5-4-9(14)6-10(11)13/h4-8H,2-3H2,1H3,(H,15,16). The number of hydrogen-bond acceptors (Lipinski definition) is 2. The fourth-order valence-corrected chi connectivity index (χ4v) is 2.37. The quantitative estimate of drug-likeness (QED) is 0.900. The van der Waals surface area contributed by atoms with Crippen molar-refractivity contribution in [2.24, 2.45) is 0 Å². The van der Waals surface area contributed by atoms with Crippen molar-refractivity contribution in [1.82, 2.24) is 4.98 Å². The maximum absolute atomic E-state index is 4.73. The lowest BCUT2D eigenvalue weighted by molar-refractivity contribution is 1.04. The number of hydrogen-bond donors (Lipinski definition) is 1. The number of nitrogens with one attached hydrogen (secondary N) is 1. The molecule has 3 heteroatoms. The Morgan fingerprint density at radius 3 is 2.81 bits per heavy atom. The molecule has 1 aromatic heterocycles. The van der Waals surface area contributed by atoms with Crippen LogP contribution in [0.3, 0.4) is 0 Å². The fraction of sp³-hybridized carbons (Fsp3) is 0.308. The average molecular weight is 277 g/mol. The normalized spacial score (nSPS) is 15.4. The Bertz CT molecular complexity index is 547. The highest BCUT2D eigenvalue weighted by Crippen LogP contribution is 2.41. The van der Waals surface area contributed by atoms with Crippen molar-refractivity contribution in [1.29, 1.82) is 0 Å². The molecule has 0 bridgehead atoms. The van der Waals surface area contributed by atoms with Gasteiger partial charge in [0.15, 0.2) is 0 Å². The van der Waals surface area contributed by atoms with Gasteiger partial charge < -0.3 is 5.32 Å². The molecule has 16 heavy (non-hydrogen) atoms. The first-order valence-corrected chi connectivity index (χ1v) is 6.35. The smallest absolute Gasteiger partial charge is 0.0726 e. The zero-order valence-electron chi connectivity index (χ0n) is 9.13. The maximum Gasteiger partial charge on any atom is 0.0726 e. The summed E-state index contributed by atoms with van der Waals surface area (Å²) in [6.45, 7) is 0. The minimum Gasteiger partial charge on any atom is -0.388 e. The summed E-state index contributed by atoms with van der Waals surface area (Å²) < 4.78 is 1.09. The average Bonchev–Trinajstić information content (AvgIpc) is 3.11. The Kier molecular flexibility index (Phi) is 2.36. The second kappa shape index (κ2) is 3.74. The van der Waals surface area contributed by atoms with Gasteiger partial charge in [0.2, 0.25) is 0 Å². The van der Waals surface area contributed by atoms with Crippen LogP contribution in [0.2, 0.25) is 0 Å². The minimum atomic E-state index is 0.695. The summed E-state index contributed by atoms with van der Waals surface area (Å²) in [5.41, 5.74) is 3.49.